The van der Waals surface area contributed by atoms with Crippen molar-refractivity contribution in [3.05, 3.63) is 0 Å². The van der Waals surface area contributed by atoms with Gasteiger partial charge in [-0.3, -0.25) is 4.79 Å². The van der Waals surface area contributed by atoms with Crippen molar-refractivity contribution in [1.29, 1.82) is 0 Å². The van der Waals surface area contributed by atoms with Crippen LogP contribution in [0.25, 0.3) is 0 Å². The van der Waals surface area contributed by atoms with Crippen molar-refractivity contribution >= 4 is 5.78 Å². The van der Waals surface area contributed by atoms with Gasteiger partial charge in [0.05, 0.1) is 6.10 Å². The predicted octanol–water partition coefficient (Wildman–Crippen LogP) is -0.437. The number of carbonyl (C=O) groups excluding carboxylic acids is 1. The van der Waals surface area contributed by atoms with E-state index >= 15 is 0 Å². The number of hydrogen-bond acceptors (Lipinski definition) is 3. The Morgan fingerprint density at radius 2 is 1.80 bits per heavy atom. The largest absolute Gasteiger partial charge is 0.392 e. The summed E-state index contributed by atoms with van der Waals surface area (Å²) < 4.78 is 0. The van der Waals surface area contributed by atoms with Gasteiger partial charge < -0.3 is 10.2 Å². The number of Topliss-reactive ketones (excluding diaryl/α,β-unsaturated/α-hetero) is 1. The van der Waals surface area contributed by atoms with E-state index in [-0.39, 0.29) is 11.7 Å². The number of aliphatic hydroxyl groups excluding tert-OH is 2. The summed E-state index contributed by atoms with van der Waals surface area (Å²) in [5, 5.41) is 18.3. The van der Waals surface area contributed by atoms with Gasteiger partial charge in [0.25, 0.3) is 0 Å². The number of hydrogen-bond donors (Lipinski definition) is 2. The van der Waals surface area contributed by atoms with Gasteiger partial charge in [0.1, 0.15) is 6.10 Å². The second kappa shape index (κ2) is 2.32. The number of ketones is 1. The second-order valence-corrected chi connectivity index (χ2v) is 2.99. The first kappa shape index (κ1) is 7.69. The predicted molar refractivity (Wildman–Crippen MR) is 35.3 cm³/mol. The van der Waals surface area contributed by atoms with E-state index in [1.54, 1.807) is 13.8 Å². The Morgan fingerprint density at radius 3 is 1.90 bits per heavy atom. The van der Waals surface area contributed by atoms with Crippen LogP contribution >= 0.6 is 0 Å². The van der Waals surface area contributed by atoms with Crippen LogP contribution in [-0.2, 0) is 4.79 Å². The molecule has 3 nitrogen and oxygen atoms in total. The van der Waals surface area contributed by atoms with Crippen molar-refractivity contribution in [1.82, 2.24) is 0 Å². The monoisotopic (exact) mass is 144 g/mol. The molecule has 1 rings (SSSR count). The highest BCUT2D eigenvalue weighted by Crippen LogP contribution is 2.27. The van der Waals surface area contributed by atoms with Crippen molar-refractivity contribution < 1.29 is 15.0 Å². The van der Waals surface area contributed by atoms with Crippen molar-refractivity contribution in [3.63, 3.8) is 0 Å². The Bertz CT molecular complexity index is 139. The fraction of sp³-hybridized carbons (Fsp3) is 0.857. The van der Waals surface area contributed by atoms with Crippen LogP contribution in [0.15, 0.2) is 0 Å². The molecule has 0 aromatic carbocycles. The molecule has 1 saturated carbocycles. The topological polar surface area (TPSA) is 57.5 Å². The SMILES string of the molecule is CC1C(=O)C(O)C(C)C1O. The van der Waals surface area contributed by atoms with Crippen LogP contribution in [0.4, 0.5) is 0 Å². The lowest BCUT2D eigenvalue weighted by Gasteiger charge is -2.10. The summed E-state index contributed by atoms with van der Waals surface area (Å²) in [4.78, 5) is 10.9. The third-order valence-corrected chi connectivity index (χ3v) is 2.29. The zero-order valence-corrected chi connectivity index (χ0v) is 6.11. The second-order valence-electron chi connectivity index (χ2n) is 2.99. The van der Waals surface area contributed by atoms with Gasteiger partial charge in [0, 0.05) is 11.8 Å². The van der Waals surface area contributed by atoms with Crippen LogP contribution < -0.4 is 0 Å². The lowest BCUT2D eigenvalue weighted by molar-refractivity contribution is -0.128. The normalized spacial score (nSPS) is 48.2. The molecule has 0 radical (unpaired) electrons. The highest BCUT2D eigenvalue weighted by Gasteiger charge is 2.43. The van der Waals surface area contributed by atoms with Gasteiger partial charge in [-0.25, -0.2) is 0 Å². The van der Waals surface area contributed by atoms with E-state index in [0.29, 0.717) is 0 Å². The molecule has 0 saturated heterocycles. The number of carbonyl (C=O) groups is 1. The van der Waals surface area contributed by atoms with E-state index < -0.39 is 18.1 Å². The molecular weight excluding hydrogens is 132 g/mol. The fourth-order valence-corrected chi connectivity index (χ4v) is 1.34. The zero-order valence-electron chi connectivity index (χ0n) is 6.11. The van der Waals surface area contributed by atoms with Crippen LogP contribution in [0.2, 0.25) is 0 Å². The molecule has 0 aliphatic heterocycles. The van der Waals surface area contributed by atoms with Crippen LogP contribution in [0.3, 0.4) is 0 Å². The van der Waals surface area contributed by atoms with Gasteiger partial charge in [-0.2, -0.15) is 0 Å². The summed E-state index contributed by atoms with van der Waals surface area (Å²) in [6.07, 6.45) is -1.62. The maximum Gasteiger partial charge on any atom is 0.167 e. The summed E-state index contributed by atoms with van der Waals surface area (Å²) in [6, 6.07) is 0. The summed E-state index contributed by atoms with van der Waals surface area (Å²) in [6.45, 7) is 3.32. The van der Waals surface area contributed by atoms with Gasteiger partial charge in [0.15, 0.2) is 5.78 Å². The molecule has 1 aliphatic carbocycles. The smallest absolute Gasteiger partial charge is 0.167 e. The third kappa shape index (κ3) is 0.859. The van der Waals surface area contributed by atoms with E-state index in [1.165, 1.54) is 0 Å². The van der Waals surface area contributed by atoms with Crippen LogP contribution in [-0.4, -0.2) is 28.2 Å². The molecule has 4 atom stereocenters. The minimum atomic E-state index is -0.954. The van der Waals surface area contributed by atoms with Gasteiger partial charge in [0.2, 0.25) is 0 Å². The maximum absolute atomic E-state index is 10.9. The molecule has 0 amide bonds. The molecule has 58 valence electrons. The Kier molecular flexibility index (Phi) is 1.79. The Morgan fingerprint density at radius 1 is 1.30 bits per heavy atom. The van der Waals surface area contributed by atoms with Crippen molar-refractivity contribution in [2.45, 2.75) is 26.1 Å². The number of aliphatic hydroxyl groups is 2. The third-order valence-electron chi connectivity index (χ3n) is 2.29. The molecule has 1 aliphatic rings. The van der Waals surface area contributed by atoms with Gasteiger partial charge in [-0.1, -0.05) is 13.8 Å². The van der Waals surface area contributed by atoms with E-state index in [2.05, 4.69) is 0 Å². The van der Waals surface area contributed by atoms with E-state index in [1.807, 2.05) is 0 Å². The quantitative estimate of drug-likeness (QED) is 0.484. The van der Waals surface area contributed by atoms with E-state index in [9.17, 15) is 9.90 Å². The lowest BCUT2D eigenvalue weighted by atomic mass is 10.0. The van der Waals surface area contributed by atoms with E-state index in [0.717, 1.165) is 0 Å². The zero-order chi connectivity index (χ0) is 7.89. The standard InChI is InChI=1S/C7H12O3/c1-3-5(8)4(2)7(10)6(3)9/h3-6,8-9H,1-2H3. The van der Waals surface area contributed by atoms with Crippen molar-refractivity contribution in [2.75, 3.05) is 0 Å². The first-order valence-corrected chi connectivity index (χ1v) is 3.45. The minimum Gasteiger partial charge on any atom is -0.392 e. The first-order chi connectivity index (χ1) is 4.55. The molecule has 2 N–H and O–H groups in total. The van der Waals surface area contributed by atoms with Gasteiger partial charge >= 0.3 is 0 Å². The molecule has 0 bridgehead atoms. The Hall–Kier alpha value is -0.410. The maximum atomic E-state index is 10.9. The van der Waals surface area contributed by atoms with Crippen molar-refractivity contribution in [2.24, 2.45) is 11.8 Å². The van der Waals surface area contributed by atoms with E-state index in [4.69, 9.17) is 5.11 Å². The Balaban J connectivity index is 2.78. The van der Waals surface area contributed by atoms with Crippen LogP contribution in [0.5, 0.6) is 0 Å². The molecule has 0 heterocycles. The molecule has 0 aromatic heterocycles. The summed E-state index contributed by atoms with van der Waals surface area (Å²) in [5.41, 5.74) is 0. The molecule has 0 aromatic rings. The van der Waals surface area contributed by atoms with Gasteiger partial charge in [-0.15, -0.1) is 0 Å². The molecule has 0 spiro atoms. The molecular formula is C7H12O3. The molecule has 10 heavy (non-hydrogen) atoms. The number of rotatable bonds is 0. The first-order valence-electron chi connectivity index (χ1n) is 3.45. The minimum absolute atomic E-state index is 0.236. The highest BCUT2D eigenvalue weighted by molar-refractivity contribution is 5.88. The molecule has 1 fully saturated rings. The summed E-state index contributed by atoms with van der Waals surface area (Å²) in [5.74, 6) is -0.938. The molecule has 3 heteroatoms. The summed E-state index contributed by atoms with van der Waals surface area (Å²) >= 11 is 0. The average Bonchev–Trinajstić information content (AvgIpc) is 2.07. The summed E-state index contributed by atoms with van der Waals surface area (Å²) in [7, 11) is 0. The Labute approximate surface area is 59.7 Å². The highest BCUT2D eigenvalue weighted by atomic mass is 16.3. The fourth-order valence-electron chi connectivity index (χ4n) is 1.34. The van der Waals surface area contributed by atoms with Crippen LogP contribution in [0, 0.1) is 11.8 Å². The molecule has 4 unspecified atom stereocenters. The van der Waals surface area contributed by atoms with Crippen molar-refractivity contribution in [3.8, 4) is 0 Å². The van der Waals surface area contributed by atoms with Crippen LogP contribution in [0.1, 0.15) is 13.8 Å². The van der Waals surface area contributed by atoms with Gasteiger partial charge in [-0.05, 0) is 0 Å². The lowest BCUT2D eigenvalue weighted by Crippen LogP contribution is -2.21. The average molecular weight is 144 g/mol.